The van der Waals surface area contributed by atoms with Crippen LogP contribution in [-0.2, 0) is 4.79 Å². The molecule has 0 spiro atoms. The van der Waals surface area contributed by atoms with Crippen molar-refractivity contribution in [3.8, 4) is 11.5 Å². The molecule has 0 aromatic heterocycles. The normalized spacial score (nSPS) is 11.5. The van der Waals surface area contributed by atoms with Gasteiger partial charge in [0, 0.05) is 26.6 Å². The molecule has 1 amide bonds. The second kappa shape index (κ2) is 8.30. The number of hydrogen-bond donors (Lipinski definition) is 1. The van der Waals surface area contributed by atoms with Gasteiger partial charge in [0.15, 0.2) is 11.5 Å². The summed E-state index contributed by atoms with van der Waals surface area (Å²) in [6, 6.07) is 13.2. The quantitative estimate of drug-likeness (QED) is 0.644. The third kappa shape index (κ3) is 4.81. The smallest absolute Gasteiger partial charge is 0.343 e. The molecule has 0 aliphatic heterocycles. The minimum absolute atomic E-state index is 0.0638. The molecule has 0 bridgehead atoms. The Morgan fingerprint density at radius 2 is 1.76 bits per heavy atom. The molecule has 25 heavy (non-hydrogen) atoms. The van der Waals surface area contributed by atoms with Gasteiger partial charge in [-0.2, -0.15) is 0 Å². The van der Waals surface area contributed by atoms with Crippen LogP contribution in [0.5, 0.6) is 11.5 Å². The molecule has 0 saturated carbocycles. The van der Waals surface area contributed by atoms with Crippen LogP contribution in [0.15, 0.2) is 48.5 Å². The summed E-state index contributed by atoms with van der Waals surface area (Å²) in [7, 11) is 4.85. The van der Waals surface area contributed by atoms with Crippen molar-refractivity contribution in [1.29, 1.82) is 0 Å². The van der Waals surface area contributed by atoms with E-state index in [0.717, 1.165) is 5.56 Å². The molecule has 0 aliphatic carbocycles. The minimum Gasteiger partial charge on any atom is -0.493 e. The van der Waals surface area contributed by atoms with E-state index >= 15 is 0 Å². The SMILES string of the molecule is COc1cc(C(N)CC(=O)N(C)C)ccc1OC(=O)c1ccccc1. The average molecular weight is 342 g/mol. The van der Waals surface area contributed by atoms with Crippen molar-refractivity contribution in [2.75, 3.05) is 21.2 Å². The topological polar surface area (TPSA) is 81.9 Å². The van der Waals surface area contributed by atoms with E-state index in [9.17, 15) is 9.59 Å². The summed E-state index contributed by atoms with van der Waals surface area (Å²) in [5.41, 5.74) is 7.26. The van der Waals surface area contributed by atoms with E-state index in [-0.39, 0.29) is 12.3 Å². The monoisotopic (exact) mass is 342 g/mol. The summed E-state index contributed by atoms with van der Waals surface area (Å²) in [5, 5.41) is 0. The van der Waals surface area contributed by atoms with Crippen LogP contribution in [0, 0.1) is 0 Å². The van der Waals surface area contributed by atoms with Gasteiger partial charge in [-0.25, -0.2) is 4.79 Å². The Morgan fingerprint density at radius 1 is 1.08 bits per heavy atom. The molecule has 0 fully saturated rings. The van der Waals surface area contributed by atoms with Gasteiger partial charge >= 0.3 is 5.97 Å². The van der Waals surface area contributed by atoms with Gasteiger partial charge in [0.2, 0.25) is 5.91 Å². The highest BCUT2D eigenvalue weighted by molar-refractivity contribution is 5.91. The summed E-state index contributed by atoms with van der Waals surface area (Å²) < 4.78 is 10.7. The maximum absolute atomic E-state index is 12.2. The third-order valence-corrected chi connectivity index (χ3v) is 3.72. The fraction of sp³-hybridized carbons (Fsp3) is 0.263. The lowest BCUT2D eigenvalue weighted by Gasteiger charge is -2.17. The number of rotatable bonds is 6. The molecule has 6 heteroatoms. The first kappa shape index (κ1) is 18.5. The number of methoxy groups -OCH3 is 1. The predicted octanol–water partition coefficient (Wildman–Crippen LogP) is 2.39. The van der Waals surface area contributed by atoms with Crippen LogP contribution in [0.25, 0.3) is 0 Å². The van der Waals surface area contributed by atoms with Gasteiger partial charge in [0.25, 0.3) is 0 Å². The van der Waals surface area contributed by atoms with Gasteiger partial charge in [-0.3, -0.25) is 4.79 Å². The molecule has 0 saturated heterocycles. The Kier molecular flexibility index (Phi) is 6.14. The van der Waals surface area contributed by atoms with E-state index in [4.69, 9.17) is 15.2 Å². The van der Waals surface area contributed by atoms with E-state index in [1.54, 1.807) is 56.6 Å². The minimum atomic E-state index is -0.473. The zero-order valence-corrected chi connectivity index (χ0v) is 14.6. The third-order valence-electron chi connectivity index (χ3n) is 3.72. The largest absolute Gasteiger partial charge is 0.493 e. The van der Waals surface area contributed by atoms with Crippen molar-refractivity contribution >= 4 is 11.9 Å². The molecule has 1 unspecified atom stereocenters. The predicted molar refractivity (Wildman–Crippen MR) is 94.6 cm³/mol. The van der Waals surface area contributed by atoms with Crippen LogP contribution in [0.2, 0.25) is 0 Å². The lowest BCUT2D eigenvalue weighted by Crippen LogP contribution is -2.26. The van der Waals surface area contributed by atoms with Crippen LogP contribution in [0.3, 0.4) is 0 Å². The van der Waals surface area contributed by atoms with Crippen molar-refractivity contribution < 1.29 is 19.1 Å². The Labute approximate surface area is 147 Å². The lowest BCUT2D eigenvalue weighted by molar-refractivity contribution is -0.129. The van der Waals surface area contributed by atoms with Crippen LogP contribution in [0.1, 0.15) is 28.4 Å². The van der Waals surface area contributed by atoms with Gasteiger partial charge in [-0.05, 0) is 29.8 Å². The number of esters is 1. The Morgan fingerprint density at radius 3 is 2.36 bits per heavy atom. The van der Waals surface area contributed by atoms with Crippen molar-refractivity contribution in [3.63, 3.8) is 0 Å². The van der Waals surface area contributed by atoms with Gasteiger partial charge in [-0.1, -0.05) is 24.3 Å². The zero-order chi connectivity index (χ0) is 18.4. The standard InChI is InChI=1S/C19H22N2O4/c1-21(2)18(22)12-15(20)14-9-10-16(17(11-14)24-3)25-19(23)13-7-5-4-6-8-13/h4-11,15H,12,20H2,1-3H3. The Hall–Kier alpha value is -2.86. The summed E-state index contributed by atoms with van der Waals surface area (Å²) in [4.78, 5) is 25.5. The number of hydrogen-bond acceptors (Lipinski definition) is 5. The van der Waals surface area contributed by atoms with Gasteiger partial charge in [0.1, 0.15) is 0 Å². The van der Waals surface area contributed by atoms with Gasteiger partial charge < -0.3 is 20.1 Å². The number of carbonyl (C=O) groups is 2. The molecule has 2 aromatic carbocycles. The fourth-order valence-corrected chi connectivity index (χ4v) is 2.22. The van der Waals surface area contributed by atoms with Crippen molar-refractivity contribution in [1.82, 2.24) is 4.90 Å². The molecule has 0 aliphatic rings. The van der Waals surface area contributed by atoms with E-state index in [2.05, 4.69) is 0 Å². The number of nitrogens with zero attached hydrogens (tertiary/aromatic N) is 1. The molecule has 0 heterocycles. The first-order chi connectivity index (χ1) is 11.9. The molecular weight excluding hydrogens is 320 g/mol. The van der Waals surface area contributed by atoms with E-state index in [0.29, 0.717) is 17.1 Å². The molecule has 2 N–H and O–H groups in total. The van der Waals surface area contributed by atoms with Crippen molar-refractivity contribution in [2.45, 2.75) is 12.5 Å². The number of amides is 1. The van der Waals surface area contributed by atoms with Crippen molar-refractivity contribution in [2.24, 2.45) is 5.73 Å². The van der Waals surface area contributed by atoms with Crippen LogP contribution in [-0.4, -0.2) is 38.0 Å². The number of carbonyl (C=O) groups excluding carboxylic acids is 2. The van der Waals surface area contributed by atoms with E-state index in [1.807, 2.05) is 6.07 Å². The molecule has 0 radical (unpaired) electrons. The highest BCUT2D eigenvalue weighted by atomic mass is 16.6. The zero-order valence-electron chi connectivity index (χ0n) is 14.6. The maximum Gasteiger partial charge on any atom is 0.343 e. The summed E-state index contributed by atoms with van der Waals surface area (Å²) in [6.45, 7) is 0. The Balaban J connectivity index is 2.16. The molecule has 1 atom stereocenters. The summed E-state index contributed by atoms with van der Waals surface area (Å²) in [6.07, 6.45) is 0.180. The average Bonchev–Trinajstić information content (AvgIpc) is 2.62. The first-order valence-electron chi connectivity index (χ1n) is 7.83. The number of nitrogens with two attached hydrogens (primary N) is 1. The lowest BCUT2D eigenvalue weighted by atomic mass is 10.0. The Bertz CT molecular complexity index is 744. The van der Waals surface area contributed by atoms with Crippen molar-refractivity contribution in [3.05, 3.63) is 59.7 Å². The van der Waals surface area contributed by atoms with Crippen LogP contribution in [0.4, 0.5) is 0 Å². The van der Waals surface area contributed by atoms with Crippen LogP contribution < -0.4 is 15.2 Å². The molecular formula is C19H22N2O4. The first-order valence-corrected chi connectivity index (χ1v) is 7.83. The highest BCUT2D eigenvalue weighted by Crippen LogP contribution is 2.31. The summed E-state index contributed by atoms with van der Waals surface area (Å²) >= 11 is 0. The van der Waals surface area contributed by atoms with E-state index < -0.39 is 12.0 Å². The molecule has 132 valence electrons. The second-order valence-electron chi connectivity index (χ2n) is 5.76. The molecule has 2 aromatic rings. The highest BCUT2D eigenvalue weighted by Gasteiger charge is 2.17. The van der Waals surface area contributed by atoms with E-state index in [1.165, 1.54) is 12.0 Å². The number of ether oxygens (including phenoxy) is 2. The van der Waals surface area contributed by atoms with Gasteiger partial charge in [-0.15, -0.1) is 0 Å². The fourth-order valence-electron chi connectivity index (χ4n) is 2.22. The summed E-state index contributed by atoms with van der Waals surface area (Å²) in [5.74, 6) is 0.144. The maximum atomic E-state index is 12.2. The molecule has 6 nitrogen and oxygen atoms in total. The number of benzene rings is 2. The second-order valence-corrected chi connectivity index (χ2v) is 5.76. The van der Waals surface area contributed by atoms with Crippen LogP contribution >= 0.6 is 0 Å². The molecule has 2 rings (SSSR count). The van der Waals surface area contributed by atoms with Gasteiger partial charge in [0.05, 0.1) is 12.7 Å².